The average molecular weight is 465 g/mol. The van der Waals surface area contributed by atoms with Crippen molar-refractivity contribution in [3.8, 4) is 23.0 Å². The summed E-state index contributed by atoms with van der Waals surface area (Å²) in [6.07, 6.45) is 0.684. The lowest BCUT2D eigenvalue weighted by Crippen LogP contribution is -2.26. The van der Waals surface area contributed by atoms with Crippen LogP contribution >= 0.6 is 0 Å². The number of hydrogen-bond donors (Lipinski definition) is 1. The summed E-state index contributed by atoms with van der Waals surface area (Å²) in [6, 6.07) is 20.4. The fourth-order valence-corrected chi connectivity index (χ4v) is 3.01. The maximum absolute atomic E-state index is 12.4. The Kier molecular flexibility index (Phi) is 8.73. The van der Waals surface area contributed by atoms with Crippen molar-refractivity contribution < 1.29 is 28.6 Å². The van der Waals surface area contributed by atoms with E-state index < -0.39 is 6.10 Å². The van der Waals surface area contributed by atoms with Crippen LogP contribution in [-0.4, -0.2) is 39.6 Å². The van der Waals surface area contributed by atoms with Gasteiger partial charge < -0.3 is 29.1 Å². The van der Waals surface area contributed by atoms with E-state index >= 15 is 0 Å². The van der Waals surface area contributed by atoms with E-state index in [4.69, 9.17) is 23.8 Å². The molecule has 34 heavy (non-hydrogen) atoms. The van der Waals surface area contributed by atoms with E-state index in [0.29, 0.717) is 35.3 Å². The lowest BCUT2D eigenvalue weighted by atomic mass is 10.2. The highest BCUT2D eigenvalue weighted by molar-refractivity contribution is 5.94. The van der Waals surface area contributed by atoms with Crippen molar-refractivity contribution in [3.63, 3.8) is 0 Å². The van der Waals surface area contributed by atoms with E-state index in [-0.39, 0.29) is 5.91 Å². The third kappa shape index (κ3) is 6.65. The number of oxime groups is 1. The molecule has 1 atom stereocenters. The first-order valence-corrected chi connectivity index (χ1v) is 10.6. The van der Waals surface area contributed by atoms with Crippen molar-refractivity contribution >= 4 is 17.8 Å². The highest BCUT2D eigenvalue weighted by Crippen LogP contribution is 2.30. The Balaban J connectivity index is 1.56. The van der Waals surface area contributed by atoms with E-state index in [0.717, 1.165) is 11.1 Å². The van der Waals surface area contributed by atoms with Crippen LogP contribution in [0.3, 0.4) is 0 Å². The van der Waals surface area contributed by atoms with Crippen molar-refractivity contribution in [2.45, 2.75) is 19.6 Å². The molecule has 0 heterocycles. The minimum Gasteiger partial charge on any atom is -0.493 e. The number of carbonyl (C=O) groups is 1. The normalized spacial score (nSPS) is 11.5. The Morgan fingerprint density at radius 2 is 1.56 bits per heavy atom. The number of nitrogens with one attached hydrogen (secondary N) is 1. The summed E-state index contributed by atoms with van der Waals surface area (Å²) in [5.74, 6) is 1.91. The summed E-state index contributed by atoms with van der Waals surface area (Å²) in [5, 5.41) is 6.70. The van der Waals surface area contributed by atoms with Gasteiger partial charge in [0.2, 0.25) is 6.10 Å². The number of amides is 1. The van der Waals surface area contributed by atoms with Gasteiger partial charge in [-0.3, -0.25) is 4.79 Å². The number of methoxy groups -OCH3 is 3. The molecule has 8 heteroatoms. The molecule has 3 aromatic rings. The largest absolute Gasteiger partial charge is 0.493 e. The quantitative estimate of drug-likeness (QED) is 0.328. The van der Waals surface area contributed by atoms with Crippen molar-refractivity contribution in [1.82, 2.24) is 0 Å². The molecule has 0 radical (unpaired) electrons. The topological polar surface area (TPSA) is 87.6 Å². The first-order chi connectivity index (χ1) is 16.5. The number of hydrogen-bond acceptors (Lipinski definition) is 7. The molecule has 8 nitrogen and oxygen atoms in total. The molecular weight excluding hydrogens is 436 g/mol. The van der Waals surface area contributed by atoms with Gasteiger partial charge in [-0.05, 0) is 42.8 Å². The third-order valence-electron chi connectivity index (χ3n) is 4.87. The Labute approximate surface area is 199 Å². The molecule has 3 aromatic carbocycles. The van der Waals surface area contributed by atoms with E-state index in [2.05, 4.69) is 10.5 Å². The van der Waals surface area contributed by atoms with Crippen LogP contribution < -0.4 is 24.3 Å². The molecule has 0 aliphatic carbocycles. The first-order valence-electron chi connectivity index (χ1n) is 10.6. The highest BCUT2D eigenvalue weighted by Gasteiger charge is 2.15. The van der Waals surface area contributed by atoms with Crippen molar-refractivity contribution in [1.29, 1.82) is 0 Å². The molecule has 0 aliphatic heterocycles. The Hall–Kier alpha value is -4.20. The molecule has 3 rings (SSSR count). The summed E-state index contributed by atoms with van der Waals surface area (Å²) in [6.45, 7) is 2.04. The van der Waals surface area contributed by atoms with Crippen molar-refractivity contribution in [3.05, 3.63) is 77.9 Å². The van der Waals surface area contributed by atoms with Crippen LogP contribution in [0, 0.1) is 0 Å². The first kappa shape index (κ1) is 24.4. The minimum absolute atomic E-state index is 0.355. The van der Waals surface area contributed by atoms with E-state index in [1.807, 2.05) is 36.4 Å². The van der Waals surface area contributed by atoms with Gasteiger partial charge in [0, 0.05) is 17.3 Å². The van der Waals surface area contributed by atoms with Gasteiger partial charge >= 0.3 is 0 Å². The Morgan fingerprint density at radius 1 is 0.882 bits per heavy atom. The molecule has 0 saturated carbocycles. The van der Waals surface area contributed by atoms with Gasteiger partial charge in [0.1, 0.15) is 6.61 Å². The molecule has 0 spiro atoms. The van der Waals surface area contributed by atoms with E-state index in [1.54, 1.807) is 51.5 Å². The smallest absolute Gasteiger partial charge is 0.267 e. The second kappa shape index (κ2) is 12.2. The van der Waals surface area contributed by atoms with Crippen LogP contribution in [-0.2, 0) is 16.2 Å². The zero-order valence-corrected chi connectivity index (χ0v) is 19.6. The van der Waals surface area contributed by atoms with Gasteiger partial charge in [-0.15, -0.1) is 0 Å². The van der Waals surface area contributed by atoms with Gasteiger partial charge in [0.15, 0.2) is 23.0 Å². The fraction of sp³-hybridized carbons (Fsp3) is 0.231. The molecule has 1 amide bonds. The highest BCUT2D eigenvalue weighted by atomic mass is 16.6. The standard InChI is InChI=1S/C26H28N2O6/c1-18(26(29)28-21-11-13-22(30-2)25(15-21)32-4)34-27-16-20-10-12-23(24(14-20)31-3)33-17-19-8-6-5-7-9-19/h5-16,18H,17H2,1-4H3,(H,28,29)/b27-16+. The molecule has 0 aromatic heterocycles. The molecule has 1 N–H and O–H groups in total. The van der Waals surface area contributed by atoms with Crippen LogP contribution in [0.4, 0.5) is 5.69 Å². The van der Waals surface area contributed by atoms with Gasteiger partial charge in [-0.1, -0.05) is 35.5 Å². The zero-order valence-electron chi connectivity index (χ0n) is 19.6. The maximum atomic E-state index is 12.4. The maximum Gasteiger partial charge on any atom is 0.267 e. The van der Waals surface area contributed by atoms with Crippen LogP contribution in [0.25, 0.3) is 0 Å². The van der Waals surface area contributed by atoms with Crippen molar-refractivity contribution in [2.24, 2.45) is 5.16 Å². The minimum atomic E-state index is -0.820. The van der Waals surface area contributed by atoms with Crippen LogP contribution in [0.5, 0.6) is 23.0 Å². The van der Waals surface area contributed by atoms with E-state index in [1.165, 1.54) is 13.3 Å². The summed E-state index contributed by atoms with van der Waals surface area (Å²) < 4.78 is 21.7. The third-order valence-corrected chi connectivity index (χ3v) is 4.87. The van der Waals surface area contributed by atoms with Gasteiger partial charge in [0.25, 0.3) is 5.91 Å². The predicted molar refractivity (Wildman–Crippen MR) is 130 cm³/mol. The summed E-state index contributed by atoms with van der Waals surface area (Å²) in [4.78, 5) is 17.7. The Bertz CT molecular complexity index is 1120. The summed E-state index contributed by atoms with van der Waals surface area (Å²) >= 11 is 0. The number of benzene rings is 3. The molecule has 0 saturated heterocycles. The SMILES string of the molecule is COc1ccc(NC(=O)C(C)O/N=C/c2ccc(OCc3ccccc3)c(OC)c2)cc1OC. The van der Waals surface area contributed by atoms with Crippen LogP contribution in [0.2, 0.25) is 0 Å². The molecular formula is C26H28N2O6. The second-order valence-corrected chi connectivity index (χ2v) is 7.23. The number of ether oxygens (including phenoxy) is 4. The summed E-state index contributed by atoms with van der Waals surface area (Å²) in [7, 11) is 4.65. The monoisotopic (exact) mass is 464 g/mol. The van der Waals surface area contributed by atoms with Crippen LogP contribution in [0.1, 0.15) is 18.1 Å². The number of rotatable bonds is 11. The van der Waals surface area contributed by atoms with Gasteiger partial charge in [0.05, 0.1) is 27.5 Å². The summed E-state index contributed by atoms with van der Waals surface area (Å²) in [5.41, 5.74) is 2.35. The molecule has 0 bridgehead atoms. The predicted octanol–water partition coefficient (Wildman–Crippen LogP) is 4.67. The van der Waals surface area contributed by atoms with E-state index in [9.17, 15) is 4.79 Å². The van der Waals surface area contributed by atoms with Crippen LogP contribution in [0.15, 0.2) is 71.9 Å². The number of carbonyl (C=O) groups excluding carboxylic acids is 1. The zero-order chi connectivity index (χ0) is 24.3. The molecule has 1 unspecified atom stereocenters. The lowest BCUT2D eigenvalue weighted by Gasteiger charge is -2.13. The van der Waals surface area contributed by atoms with Gasteiger partial charge in [-0.25, -0.2) is 0 Å². The van der Waals surface area contributed by atoms with Crippen molar-refractivity contribution in [2.75, 3.05) is 26.6 Å². The average Bonchev–Trinajstić information content (AvgIpc) is 2.88. The molecule has 178 valence electrons. The number of nitrogens with zero attached hydrogens (tertiary/aromatic N) is 1. The second-order valence-electron chi connectivity index (χ2n) is 7.23. The molecule has 0 aliphatic rings. The Morgan fingerprint density at radius 3 is 2.26 bits per heavy atom. The molecule has 0 fully saturated rings. The van der Waals surface area contributed by atoms with Gasteiger partial charge in [-0.2, -0.15) is 0 Å². The lowest BCUT2D eigenvalue weighted by molar-refractivity contribution is -0.126. The number of anilines is 1. The fourth-order valence-electron chi connectivity index (χ4n) is 3.01.